The van der Waals surface area contributed by atoms with E-state index in [9.17, 15) is 0 Å². The molecule has 0 aliphatic heterocycles. The molecule has 0 radical (unpaired) electrons. The number of rotatable bonds is 1. The van der Waals surface area contributed by atoms with Crippen LogP contribution in [0.25, 0.3) is 0 Å². The van der Waals surface area contributed by atoms with Crippen molar-refractivity contribution < 1.29 is 10.2 Å². The van der Waals surface area contributed by atoms with Crippen LogP contribution in [-0.2, 0) is 0 Å². The first-order chi connectivity index (χ1) is 4.00. The van der Waals surface area contributed by atoms with Gasteiger partial charge in [-0.25, -0.2) is 0 Å². The Kier molecular flexibility index (Phi) is 13.0. The van der Waals surface area contributed by atoms with Crippen LogP contribution in [0.3, 0.4) is 0 Å². The number of thiocarbonyl (C=S) groups is 1. The van der Waals surface area contributed by atoms with Crippen molar-refractivity contribution in [1.82, 2.24) is 0 Å². The first-order valence-corrected chi connectivity index (χ1v) is 4.62. The van der Waals surface area contributed by atoms with Crippen molar-refractivity contribution in [1.29, 1.82) is 0 Å². The minimum atomic E-state index is -1.05. The Balaban J connectivity index is 0. The molecule has 0 unspecified atom stereocenters. The van der Waals surface area contributed by atoms with Gasteiger partial charge >= 0.3 is 48.1 Å². The average Bonchev–Trinajstić information content (AvgIpc) is 1.65. The molecule has 4 N–H and O–H groups in total. The third-order valence-electron chi connectivity index (χ3n) is 0.365. The molecule has 0 spiro atoms. The monoisotopic (exact) mass is 177 g/mol. The van der Waals surface area contributed by atoms with Crippen LogP contribution in [0.5, 0.6) is 0 Å². The molecule has 0 aromatic rings. The molecule has 3 nitrogen and oxygen atoms in total. The van der Waals surface area contributed by atoms with E-state index in [1.54, 1.807) is 0 Å². The molecule has 0 aliphatic rings. The Morgan fingerprint density at radius 2 is 1.89 bits per heavy atom. The predicted octanol–water partition coefficient (Wildman–Crippen LogP) is -0.956. The molecular weight excluding hydrogens is 169 g/mol. The molecule has 0 saturated carbocycles. The van der Waals surface area contributed by atoms with Crippen molar-refractivity contribution in [3.63, 3.8) is 0 Å². The second-order valence-corrected chi connectivity index (χ2v) is 3.27. The van der Waals surface area contributed by atoms with Gasteiger partial charge in [0.15, 0.2) is 0 Å². The third kappa shape index (κ3) is 47.0. The van der Waals surface area contributed by atoms with Gasteiger partial charge in [-0.1, -0.05) is 12.2 Å². The Bertz CT molecular complexity index is 76.2. The molecule has 50 valence electrons. The standard InChI is InChI=1S/C2H5O2.CH3NS2.Na/c1-2(3)4;2-1(3)4;/h2-4H,1H2;(H3,2,3,4);. The summed E-state index contributed by atoms with van der Waals surface area (Å²) in [5.41, 5.74) is 4.71. The normalized spacial score (nSPS) is 8.22. The molecule has 0 fully saturated rings. The first-order valence-electron chi connectivity index (χ1n) is 2.35. The zero-order valence-corrected chi connectivity index (χ0v) is 8.82. The molecule has 0 aliphatic carbocycles. The Morgan fingerprint density at radius 3 is 1.89 bits per heavy atom. The van der Waals surface area contributed by atoms with Crippen molar-refractivity contribution in [3.05, 3.63) is 0 Å². The van der Waals surface area contributed by atoms with Gasteiger partial charge in [-0.2, -0.15) is 0 Å². The molecule has 0 aromatic carbocycles. The fourth-order valence-corrected chi connectivity index (χ4v) is 0. The van der Waals surface area contributed by atoms with Crippen LogP contribution in [0.4, 0.5) is 0 Å². The fraction of sp³-hybridized carbons (Fsp3) is 0.667. The van der Waals surface area contributed by atoms with Gasteiger partial charge in [-0.3, -0.25) is 0 Å². The van der Waals surface area contributed by atoms with Gasteiger partial charge in [0.25, 0.3) is 0 Å². The topological polar surface area (TPSA) is 66.5 Å². The van der Waals surface area contributed by atoms with Gasteiger partial charge in [0.05, 0.1) is 0 Å². The van der Waals surface area contributed by atoms with E-state index in [0.29, 0.717) is 3.67 Å². The van der Waals surface area contributed by atoms with Crippen molar-refractivity contribution in [2.24, 2.45) is 5.73 Å². The zero-order valence-electron chi connectivity index (χ0n) is 5.11. The van der Waals surface area contributed by atoms with E-state index in [1.165, 1.54) is 0 Å². The van der Waals surface area contributed by atoms with E-state index in [1.807, 2.05) is 0 Å². The van der Waals surface area contributed by atoms with E-state index < -0.39 is 6.29 Å². The second-order valence-electron chi connectivity index (χ2n) is 1.23. The van der Waals surface area contributed by atoms with Gasteiger partial charge in [-0.05, 0) is 0 Å². The maximum absolute atomic E-state index is 7.95. The summed E-state index contributed by atoms with van der Waals surface area (Å²) >= 11 is 8.53. The minimum absolute atomic E-state index is 0.194. The van der Waals surface area contributed by atoms with Gasteiger partial charge in [-0.15, -0.1) is 12.6 Å². The van der Waals surface area contributed by atoms with Crippen LogP contribution in [0, 0.1) is 0 Å². The van der Waals surface area contributed by atoms with Gasteiger partial charge in [0.2, 0.25) is 0 Å². The summed E-state index contributed by atoms with van der Waals surface area (Å²) in [6.45, 7) is 0. The maximum atomic E-state index is 7.95. The van der Waals surface area contributed by atoms with Crippen LogP contribution in [0.1, 0.15) is 0 Å². The molecule has 0 bridgehead atoms. The molecule has 6 heteroatoms. The summed E-state index contributed by atoms with van der Waals surface area (Å²) in [6, 6.07) is 0. The Hall–Kier alpha value is 1.16. The van der Waals surface area contributed by atoms with E-state index >= 15 is 0 Å². The van der Waals surface area contributed by atoms with Crippen LogP contribution in [-0.4, -0.2) is 48.8 Å². The molecule has 0 amide bonds. The van der Waals surface area contributed by atoms with Crippen LogP contribution in [0.2, 0.25) is 3.67 Å². The van der Waals surface area contributed by atoms with E-state index in [4.69, 9.17) is 15.9 Å². The summed E-state index contributed by atoms with van der Waals surface area (Å²) in [6.07, 6.45) is -1.05. The number of nitrogens with two attached hydrogens (primary N) is 1. The summed E-state index contributed by atoms with van der Waals surface area (Å²) in [5, 5.41) is 15.9. The molecule has 0 atom stereocenters. The number of hydrogen-bond acceptors (Lipinski definition) is 3. The van der Waals surface area contributed by atoms with Gasteiger partial charge in [0.1, 0.15) is 4.32 Å². The van der Waals surface area contributed by atoms with E-state index in [-0.39, 0.29) is 4.32 Å². The molecule has 0 heterocycles. The zero-order chi connectivity index (χ0) is 7.86. The predicted molar refractivity (Wildman–Crippen MR) is 44.6 cm³/mol. The summed E-state index contributed by atoms with van der Waals surface area (Å²) in [5.74, 6) is 0. The van der Waals surface area contributed by atoms with Gasteiger partial charge in [0, 0.05) is 0 Å². The van der Waals surface area contributed by atoms with Crippen LogP contribution < -0.4 is 5.73 Å². The van der Waals surface area contributed by atoms with Crippen molar-refractivity contribution >= 4 is 57.1 Å². The van der Waals surface area contributed by atoms with Crippen LogP contribution in [0.15, 0.2) is 0 Å². The van der Waals surface area contributed by atoms with Crippen molar-refractivity contribution in [2.45, 2.75) is 9.96 Å². The Labute approximate surface area is 82.5 Å². The van der Waals surface area contributed by atoms with Crippen molar-refractivity contribution in [3.8, 4) is 0 Å². The molecule has 0 aromatic heterocycles. The number of aliphatic hydroxyl groups excluding tert-OH is 1. The number of thiol groups is 1. The molecule has 9 heavy (non-hydrogen) atoms. The summed E-state index contributed by atoms with van der Waals surface area (Å²) in [4.78, 5) is 0. The van der Waals surface area contributed by atoms with E-state index in [2.05, 4.69) is 24.8 Å². The van der Waals surface area contributed by atoms with E-state index in [0.717, 1.165) is 27.9 Å². The summed E-state index contributed by atoms with van der Waals surface area (Å²) < 4.78 is 0.750. The SMILES string of the molecule is NC(=S)S.OC(O)[CH2][Na]. The summed E-state index contributed by atoms with van der Waals surface area (Å²) in [7, 11) is 0. The quantitative estimate of drug-likeness (QED) is 0.180. The van der Waals surface area contributed by atoms with Gasteiger partial charge < -0.3 is 5.73 Å². The number of aliphatic hydroxyl groups is 2. The van der Waals surface area contributed by atoms with Crippen molar-refractivity contribution in [2.75, 3.05) is 0 Å². The Morgan fingerprint density at radius 1 is 1.78 bits per heavy atom. The molecule has 0 rings (SSSR count). The molecule has 0 saturated heterocycles. The number of hydrogen-bond donors (Lipinski definition) is 4. The average molecular weight is 177 g/mol. The second kappa shape index (κ2) is 9.16. The molecular formula is C3H8NNaO2S2. The third-order valence-corrected chi connectivity index (χ3v) is 1.10. The first kappa shape index (κ1) is 12.8. The fourth-order valence-electron chi connectivity index (χ4n) is 0. The van der Waals surface area contributed by atoms with Crippen LogP contribution >= 0.6 is 24.8 Å².